The molecule has 0 aromatic carbocycles. The third kappa shape index (κ3) is 59.6. The van der Waals surface area contributed by atoms with E-state index in [0.29, 0.717) is 23.9 Å². The predicted molar refractivity (Wildman–Crippen MR) is 312 cm³/mol. The molecule has 0 aromatic heterocycles. The van der Waals surface area contributed by atoms with E-state index in [1.807, 2.05) is 21.1 Å². The van der Waals surface area contributed by atoms with Crippen molar-refractivity contribution in [1.29, 1.82) is 0 Å². The summed E-state index contributed by atoms with van der Waals surface area (Å²) in [6, 6.07) is 0. The zero-order valence-corrected chi connectivity index (χ0v) is 50.0. The number of esters is 2. The molecule has 0 amide bonds. The lowest BCUT2D eigenvalue weighted by Crippen LogP contribution is -2.37. The molecule has 0 rings (SSSR count). The topological polar surface area (TPSA) is 108 Å². The molecule has 0 aromatic rings. The summed E-state index contributed by atoms with van der Waals surface area (Å²) in [5.74, 6) is -0.798. The number of phosphoric acid groups is 1. The standard InChI is InChI=1S/C63H122NO8P/c1-6-8-10-12-14-16-18-20-22-23-24-25-26-27-28-29-30-31-32-33-34-35-36-37-38-39-40-42-43-45-47-49-51-53-55-62(65)69-59-61(60-71-73(67,68)70-58-57-64(3,4)5)72-63(66)56-54-52-50-48-46-44-41-21-19-17-15-13-11-9-7-2/h15,17,21,41,61H,6-14,16,18-20,22-40,42-60H2,1-5H3/p+1/b17-15-,41-21-. The fraction of sp³-hybridized carbons (Fsp3) is 0.905. The highest BCUT2D eigenvalue weighted by Crippen LogP contribution is 2.43. The molecule has 0 spiro atoms. The average Bonchev–Trinajstić information content (AvgIpc) is 3.35. The van der Waals surface area contributed by atoms with E-state index < -0.39 is 26.5 Å². The molecule has 0 heterocycles. The van der Waals surface area contributed by atoms with Gasteiger partial charge >= 0.3 is 19.8 Å². The first-order valence-corrected chi connectivity index (χ1v) is 33.1. The predicted octanol–water partition coefficient (Wildman–Crippen LogP) is 19.8. The second-order valence-electron chi connectivity index (χ2n) is 22.8. The lowest BCUT2D eigenvalue weighted by molar-refractivity contribution is -0.870. The Hall–Kier alpha value is -1.51. The van der Waals surface area contributed by atoms with E-state index in [1.54, 1.807) is 0 Å². The van der Waals surface area contributed by atoms with Gasteiger partial charge in [0.05, 0.1) is 27.7 Å². The number of allylic oxidation sites excluding steroid dienone is 4. The van der Waals surface area contributed by atoms with E-state index in [-0.39, 0.29) is 25.6 Å². The maximum absolute atomic E-state index is 12.8. The van der Waals surface area contributed by atoms with Crippen LogP contribution in [-0.2, 0) is 32.7 Å². The van der Waals surface area contributed by atoms with Gasteiger partial charge in [0.1, 0.15) is 19.8 Å². The second-order valence-corrected chi connectivity index (χ2v) is 24.3. The Kier molecular flexibility index (Phi) is 54.1. The first kappa shape index (κ1) is 71.5. The first-order valence-electron chi connectivity index (χ1n) is 31.6. The Bertz CT molecular complexity index is 1280. The smallest absolute Gasteiger partial charge is 0.462 e. The molecule has 73 heavy (non-hydrogen) atoms. The van der Waals surface area contributed by atoms with Gasteiger partial charge in [-0.3, -0.25) is 18.6 Å². The SMILES string of the molecule is CCCCC/C=C\C/C=C\CCCCCCCC(=O)OC(COC(=O)CCCCCCCCCCCCCCCCCCCCCCCCCCCCCCCCCCCC)COP(=O)(O)OCC[N+](C)(C)C. The second kappa shape index (κ2) is 55.3. The van der Waals surface area contributed by atoms with E-state index >= 15 is 0 Å². The number of carbonyl (C=O) groups is 2. The molecule has 10 heteroatoms. The van der Waals surface area contributed by atoms with E-state index in [4.69, 9.17) is 18.5 Å². The van der Waals surface area contributed by atoms with Gasteiger partial charge in [-0.25, -0.2) is 4.57 Å². The first-order chi connectivity index (χ1) is 35.5. The van der Waals surface area contributed by atoms with E-state index in [9.17, 15) is 19.0 Å². The number of unbranched alkanes of at least 4 members (excludes halogenated alkanes) is 41. The monoisotopic (exact) mass is 1050 g/mol. The largest absolute Gasteiger partial charge is 0.472 e. The zero-order valence-electron chi connectivity index (χ0n) is 49.1. The van der Waals surface area contributed by atoms with Gasteiger partial charge in [-0.1, -0.05) is 282 Å². The van der Waals surface area contributed by atoms with Gasteiger partial charge in [-0.05, 0) is 44.9 Å². The number of quaternary nitrogens is 1. The van der Waals surface area contributed by atoms with Gasteiger partial charge < -0.3 is 18.9 Å². The van der Waals surface area contributed by atoms with Crippen molar-refractivity contribution in [2.75, 3.05) is 47.5 Å². The molecule has 0 saturated carbocycles. The van der Waals surface area contributed by atoms with Crippen molar-refractivity contribution in [3.05, 3.63) is 24.3 Å². The van der Waals surface area contributed by atoms with Gasteiger partial charge in [0.25, 0.3) is 0 Å². The number of nitrogens with zero attached hydrogens (tertiary/aromatic N) is 1. The van der Waals surface area contributed by atoms with Crippen LogP contribution in [0.2, 0.25) is 0 Å². The van der Waals surface area contributed by atoms with Gasteiger partial charge in [0.15, 0.2) is 6.10 Å². The Balaban J connectivity index is 3.93. The zero-order chi connectivity index (χ0) is 53.5. The maximum atomic E-state index is 12.8. The molecule has 432 valence electrons. The number of ether oxygens (including phenoxy) is 2. The molecule has 0 fully saturated rings. The summed E-state index contributed by atoms with van der Waals surface area (Å²) >= 11 is 0. The van der Waals surface area contributed by atoms with Crippen LogP contribution in [0.3, 0.4) is 0 Å². The highest BCUT2D eigenvalue weighted by atomic mass is 31.2. The summed E-state index contributed by atoms with van der Waals surface area (Å²) in [6.07, 6.45) is 67.2. The minimum atomic E-state index is -4.38. The van der Waals surface area contributed by atoms with Gasteiger partial charge in [0, 0.05) is 12.8 Å². The number of likely N-dealkylation sites (N-methyl/N-ethyl adjacent to an activating group) is 1. The average molecular weight is 1050 g/mol. The van der Waals surface area contributed by atoms with Crippen molar-refractivity contribution in [3.63, 3.8) is 0 Å². The van der Waals surface area contributed by atoms with Crippen molar-refractivity contribution < 1.29 is 42.1 Å². The summed E-state index contributed by atoms with van der Waals surface area (Å²) in [6.45, 7) is 4.44. The molecule has 9 nitrogen and oxygen atoms in total. The summed E-state index contributed by atoms with van der Waals surface area (Å²) in [4.78, 5) is 35.7. The third-order valence-corrected chi connectivity index (χ3v) is 15.2. The number of phosphoric ester groups is 1. The minimum Gasteiger partial charge on any atom is -0.462 e. The fourth-order valence-electron chi connectivity index (χ4n) is 9.34. The van der Waals surface area contributed by atoms with Crippen molar-refractivity contribution >= 4 is 19.8 Å². The maximum Gasteiger partial charge on any atom is 0.472 e. The summed E-state index contributed by atoms with van der Waals surface area (Å²) in [7, 11) is 1.48. The van der Waals surface area contributed by atoms with E-state index in [0.717, 1.165) is 57.8 Å². The van der Waals surface area contributed by atoms with Crippen molar-refractivity contribution in [1.82, 2.24) is 0 Å². The van der Waals surface area contributed by atoms with Crippen LogP contribution < -0.4 is 0 Å². The summed E-state index contributed by atoms with van der Waals surface area (Å²) in [5, 5.41) is 0. The number of rotatable bonds is 59. The number of hydrogen-bond acceptors (Lipinski definition) is 7. The van der Waals surface area contributed by atoms with Crippen LogP contribution in [0.4, 0.5) is 0 Å². The Morgan fingerprint density at radius 1 is 0.425 bits per heavy atom. The molecular weight excluding hydrogens is 930 g/mol. The highest BCUT2D eigenvalue weighted by Gasteiger charge is 2.27. The highest BCUT2D eigenvalue weighted by molar-refractivity contribution is 7.47. The van der Waals surface area contributed by atoms with Crippen LogP contribution >= 0.6 is 7.82 Å². The van der Waals surface area contributed by atoms with Crippen LogP contribution in [-0.4, -0.2) is 74.9 Å². The Morgan fingerprint density at radius 3 is 1.11 bits per heavy atom. The molecule has 0 bridgehead atoms. The molecule has 0 saturated heterocycles. The molecule has 0 aliphatic heterocycles. The van der Waals surface area contributed by atoms with Crippen molar-refractivity contribution in [2.24, 2.45) is 0 Å². The van der Waals surface area contributed by atoms with E-state index in [2.05, 4.69) is 38.2 Å². The van der Waals surface area contributed by atoms with Crippen LogP contribution in [0.15, 0.2) is 24.3 Å². The molecule has 0 aliphatic carbocycles. The number of carbonyl (C=O) groups excluding carboxylic acids is 2. The normalized spacial score (nSPS) is 13.3. The molecule has 2 atom stereocenters. The fourth-order valence-corrected chi connectivity index (χ4v) is 10.1. The lowest BCUT2D eigenvalue weighted by Gasteiger charge is -2.24. The lowest BCUT2D eigenvalue weighted by atomic mass is 10.0. The van der Waals surface area contributed by atoms with Crippen molar-refractivity contribution in [2.45, 2.75) is 322 Å². The quantitative estimate of drug-likeness (QED) is 0.0211. The molecule has 0 radical (unpaired) electrons. The van der Waals surface area contributed by atoms with Gasteiger partial charge in [-0.15, -0.1) is 0 Å². The van der Waals surface area contributed by atoms with Crippen molar-refractivity contribution in [3.8, 4) is 0 Å². The van der Waals surface area contributed by atoms with Crippen LogP contribution in [0.25, 0.3) is 0 Å². The molecule has 1 N–H and O–H groups in total. The minimum absolute atomic E-state index is 0.0310. The molecule has 0 aliphatic rings. The van der Waals surface area contributed by atoms with E-state index in [1.165, 1.54) is 225 Å². The summed E-state index contributed by atoms with van der Waals surface area (Å²) < 4.78 is 34.5. The third-order valence-electron chi connectivity index (χ3n) is 14.2. The van der Waals surface area contributed by atoms with Crippen LogP contribution in [0.5, 0.6) is 0 Å². The number of hydrogen-bond donors (Lipinski definition) is 1. The van der Waals surface area contributed by atoms with Gasteiger partial charge in [0.2, 0.25) is 0 Å². The van der Waals surface area contributed by atoms with Crippen LogP contribution in [0, 0.1) is 0 Å². The molecular formula is C63H123NO8P+. The molecule has 2 unspecified atom stereocenters. The Labute approximate surface area is 453 Å². The Morgan fingerprint density at radius 2 is 0.740 bits per heavy atom. The van der Waals surface area contributed by atoms with Crippen LogP contribution in [0.1, 0.15) is 316 Å². The summed E-state index contributed by atoms with van der Waals surface area (Å²) in [5.41, 5.74) is 0. The van der Waals surface area contributed by atoms with Gasteiger partial charge in [-0.2, -0.15) is 0 Å².